The number of aromatic nitrogens is 5. The van der Waals surface area contributed by atoms with Gasteiger partial charge >= 0.3 is 5.69 Å². The molecule has 4 aliphatic rings. The van der Waals surface area contributed by atoms with Gasteiger partial charge in [-0.1, -0.05) is 6.08 Å². The fraction of sp³-hybridized carbons (Fsp3) is 0.423. The van der Waals surface area contributed by atoms with E-state index in [4.69, 9.17) is 0 Å². The quantitative estimate of drug-likeness (QED) is 0.168. The zero-order valence-corrected chi connectivity index (χ0v) is 40.3. The van der Waals surface area contributed by atoms with Crippen molar-refractivity contribution in [2.24, 2.45) is 20.0 Å². The van der Waals surface area contributed by atoms with Gasteiger partial charge in [-0.25, -0.2) is 18.6 Å². The van der Waals surface area contributed by atoms with Crippen LogP contribution in [0.15, 0.2) is 76.6 Å². The predicted molar refractivity (Wildman–Crippen MR) is 265 cm³/mol. The lowest BCUT2D eigenvalue weighted by Gasteiger charge is -2.39. The smallest absolute Gasteiger partial charge is 0.329 e. The van der Waals surface area contributed by atoms with Gasteiger partial charge in [-0.2, -0.15) is 0 Å². The normalized spacial score (nSPS) is 19.2. The molecule has 3 saturated heterocycles. The molecule has 2 aromatic carbocycles. The van der Waals surface area contributed by atoms with Gasteiger partial charge in [-0.15, -0.1) is 0 Å². The second kappa shape index (κ2) is 18.8. The highest BCUT2D eigenvalue weighted by Gasteiger charge is 2.33. The maximum atomic E-state index is 16.1. The molecule has 4 aromatic heterocycles. The van der Waals surface area contributed by atoms with Crippen molar-refractivity contribution in [2.45, 2.75) is 58.0 Å². The summed E-state index contributed by atoms with van der Waals surface area (Å²) in [4.78, 5) is 78.1. The van der Waals surface area contributed by atoms with Gasteiger partial charge in [0.1, 0.15) is 17.5 Å². The summed E-state index contributed by atoms with van der Waals surface area (Å²) in [5.41, 5.74) is 6.70. The number of nitrogens with zero attached hydrogens (tertiary/aromatic N) is 9. The summed E-state index contributed by atoms with van der Waals surface area (Å²) >= 11 is 0. The number of anilines is 2. The molecule has 0 saturated carbocycles. The van der Waals surface area contributed by atoms with Crippen molar-refractivity contribution < 1.29 is 23.2 Å². The number of likely N-dealkylation sites (tertiary alicyclic amines) is 1. The standard InChI is InChI=1S/C52H59F2N11O5/c1-31-24-35(25-38(53)48(31)34-13-18-61(19-14-34)32(2)44-27-37-41(10-15-56-49(37)58(44)4)64-30-39(54)40(55-3)28-47(64)67)51(69)63-16-11-33(12-17-63)29-60-20-22-62(23-21-60)36-6-7-42-45(26-36)59(5)52(70)65(42)43-8-9-46(66)57-50(43)68/h6-7,10,13,15,24-28,30,32-33,43,55H,8-9,11-12,14,16-23,29H2,1-5H3,(H,57,66,68)/t32-,43+/m0/s1. The van der Waals surface area contributed by atoms with Crippen LogP contribution in [0.1, 0.15) is 78.3 Å². The van der Waals surface area contributed by atoms with Crippen molar-refractivity contribution in [3.8, 4) is 5.69 Å². The largest absolute Gasteiger partial charge is 0.386 e. The van der Waals surface area contributed by atoms with Gasteiger partial charge in [-0.3, -0.25) is 48.0 Å². The predicted octanol–water partition coefficient (Wildman–Crippen LogP) is 5.51. The average molecular weight is 956 g/mol. The fourth-order valence-corrected chi connectivity index (χ4v) is 11.3. The lowest BCUT2D eigenvalue weighted by atomic mass is 9.92. The lowest BCUT2D eigenvalue weighted by molar-refractivity contribution is -0.135. The molecule has 0 radical (unpaired) electrons. The molecule has 0 spiro atoms. The first-order chi connectivity index (χ1) is 33.7. The number of amides is 3. The highest BCUT2D eigenvalue weighted by Crippen LogP contribution is 2.35. The Morgan fingerprint density at radius 3 is 2.34 bits per heavy atom. The third-order valence-corrected chi connectivity index (χ3v) is 15.3. The molecule has 18 heteroatoms. The highest BCUT2D eigenvalue weighted by atomic mass is 19.1. The molecule has 3 fully saturated rings. The maximum absolute atomic E-state index is 16.1. The fourth-order valence-electron chi connectivity index (χ4n) is 11.3. The van der Waals surface area contributed by atoms with Crippen molar-refractivity contribution >= 4 is 56.7 Å². The number of carbonyl (C=O) groups excluding carboxylic acids is 3. The zero-order chi connectivity index (χ0) is 49.1. The maximum Gasteiger partial charge on any atom is 0.329 e. The van der Waals surface area contributed by atoms with Gasteiger partial charge < -0.3 is 19.7 Å². The molecule has 2 atom stereocenters. The molecule has 366 valence electrons. The molecule has 16 nitrogen and oxygen atoms in total. The van der Waals surface area contributed by atoms with E-state index in [1.54, 1.807) is 30.9 Å². The van der Waals surface area contributed by atoms with Crippen LogP contribution in [0.2, 0.25) is 0 Å². The summed E-state index contributed by atoms with van der Waals surface area (Å²) < 4.78 is 37.3. The topological polar surface area (TPSA) is 155 Å². The van der Waals surface area contributed by atoms with Gasteiger partial charge in [-0.05, 0) is 99.0 Å². The van der Waals surface area contributed by atoms with E-state index < -0.39 is 17.8 Å². The first kappa shape index (κ1) is 46.8. The average Bonchev–Trinajstić information content (AvgIpc) is 3.83. The summed E-state index contributed by atoms with van der Waals surface area (Å²) in [7, 11) is 5.21. The number of nitrogens with one attached hydrogen (secondary N) is 2. The van der Waals surface area contributed by atoms with Crippen molar-refractivity contribution in [1.29, 1.82) is 0 Å². The van der Waals surface area contributed by atoms with Crippen molar-refractivity contribution in [3.63, 3.8) is 0 Å². The Kier molecular flexibility index (Phi) is 12.5. The number of rotatable bonds is 10. The lowest BCUT2D eigenvalue weighted by Crippen LogP contribution is -2.49. The molecule has 0 unspecified atom stereocenters. The second-order valence-electron chi connectivity index (χ2n) is 19.4. The molecule has 0 bridgehead atoms. The Morgan fingerprint density at radius 2 is 1.64 bits per heavy atom. The minimum Gasteiger partial charge on any atom is -0.386 e. The van der Waals surface area contributed by atoms with Crippen molar-refractivity contribution in [1.82, 2.24) is 43.3 Å². The van der Waals surface area contributed by atoms with Crippen LogP contribution in [-0.4, -0.2) is 122 Å². The first-order valence-electron chi connectivity index (χ1n) is 24.3. The Bertz CT molecular complexity index is 3200. The number of halogens is 2. The third kappa shape index (κ3) is 8.50. The van der Waals surface area contributed by atoms with Gasteiger partial charge in [0, 0.05) is 133 Å². The SMILES string of the molecule is CNc1cc(=O)n(-c2ccnc3c2cc([C@H](C)N2CC=C(c4c(C)cc(C(=O)N5CCC(CN6CCN(c7ccc8c(c7)n(C)c(=O)n8[C@@H]7CCC(=O)NC7=O)CC6)CC5)cc4F)CC2)n3C)cc1F. The van der Waals surface area contributed by atoms with E-state index >= 15 is 4.39 Å². The molecular formula is C52H59F2N11O5. The van der Waals surface area contributed by atoms with Gasteiger partial charge in [0.25, 0.3) is 11.5 Å². The van der Waals surface area contributed by atoms with E-state index in [0.29, 0.717) is 72.9 Å². The van der Waals surface area contributed by atoms with E-state index in [-0.39, 0.29) is 47.0 Å². The van der Waals surface area contributed by atoms with Crippen LogP contribution < -0.4 is 26.8 Å². The highest BCUT2D eigenvalue weighted by molar-refractivity contribution is 6.00. The number of fused-ring (bicyclic) bond motifs is 2. The Balaban J connectivity index is 0.729. The van der Waals surface area contributed by atoms with E-state index in [1.165, 1.54) is 27.5 Å². The van der Waals surface area contributed by atoms with Crippen LogP contribution in [0.25, 0.3) is 33.3 Å². The van der Waals surface area contributed by atoms with E-state index in [0.717, 1.165) is 79.0 Å². The van der Waals surface area contributed by atoms with E-state index in [9.17, 15) is 28.4 Å². The number of pyridine rings is 2. The number of carbonyl (C=O) groups is 3. The minimum absolute atomic E-state index is 0.0480. The summed E-state index contributed by atoms with van der Waals surface area (Å²) in [6.07, 6.45) is 7.76. The summed E-state index contributed by atoms with van der Waals surface area (Å²) in [5.74, 6) is -1.38. The van der Waals surface area contributed by atoms with Crippen molar-refractivity contribution in [2.75, 3.05) is 76.2 Å². The Hall–Kier alpha value is -6.92. The number of aryl methyl sites for hydroxylation is 3. The van der Waals surface area contributed by atoms with Crippen LogP contribution >= 0.6 is 0 Å². The zero-order valence-electron chi connectivity index (χ0n) is 40.3. The van der Waals surface area contributed by atoms with Crippen LogP contribution in [0.3, 0.4) is 0 Å². The monoisotopic (exact) mass is 955 g/mol. The molecule has 8 heterocycles. The first-order valence-corrected chi connectivity index (χ1v) is 24.3. The van der Waals surface area contributed by atoms with Crippen LogP contribution in [0.5, 0.6) is 0 Å². The summed E-state index contributed by atoms with van der Waals surface area (Å²) in [5, 5.41) is 5.81. The second-order valence-corrected chi connectivity index (χ2v) is 19.4. The number of piperidine rings is 2. The molecule has 10 rings (SSSR count). The van der Waals surface area contributed by atoms with Gasteiger partial charge in [0.15, 0.2) is 5.82 Å². The number of piperazine rings is 1. The molecule has 3 amide bonds. The number of imide groups is 1. The number of imidazole rings is 1. The number of hydrogen-bond donors (Lipinski definition) is 2. The van der Waals surface area contributed by atoms with E-state index in [2.05, 4.69) is 43.3 Å². The van der Waals surface area contributed by atoms with Crippen LogP contribution in [-0.2, 0) is 23.7 Å². The minimum atomic E-state index is -0.719. The summed E-state index contributed by atoms with van der Waals surface area (Å²) in [6.45, 7) is 10.9. The van der Waals surface area contributed by atoms with Gasteiger partial charge in [0.2, 0.25) is 11.8 Å². The molecule has 0 aliphatic carbocycles. The Labute approximate surface area is 403 Å². The van der Waals surface area contributed by atoms with Gasteiger partial charge in [0.05, 0.1) is 28.6 Å². The summed E-state index contributed by atoms with van der Waals surface area (Å²) in [6, 6.07) is 13.3. The van der Waals surface area contributed by atoms with Crippen LogP contribution in [0.4, 0.5) is 20.2 Å². The molecular weight excluding hydrogens is 897 g/mol. The van der Waals surface area contributed by atoms with E-state index in [1.807, 2.05) is 53.8 Å². The van der Waals surface area contributed by atoms with Crippen molar-refractivity contribution in [3.05, 3.63) is 122 Å². The number of hydrogen-bond acceptors (Lipinski definition) is 10. The number of benzene rings is 2. The molecule has 4 aliphatic heterocycles. The molecule has 2 N–H and O–H groups in total. The molecule has 70 heavy (non-hydrogen) atoms. The third-order valence-electron chi connectivity index (χ3n) is 15.3. The van der Waals surface area contributed by atoms with Crippen LogP contribution in [0, 0.1) is 24.5 Å². The Morgan fingerprint density at radius 1 is 0.871 bits per heavy atom. The molecule has 6 aromatic rings.